The van der Waals surface area contributed by atoms with Crippen molar-refractivity contribution in [2.24, 2.45) is 10.8 Å². The number of likely N-dealkylation sites (N-methyl/N-ethyl adjacent to an activating group) is 1. The van der Waals surface area contributed by atoms with Gasteiger partial charge in [-0.2, -0.15) is 0 Å². The first-order valence-corrected chi connectivity index (χ1v) is 34.2. The number of unbranched alkanes of at least 4 members (excludes halogenated alkanes) is 5. The van der Waals surface area contributed by atoms with Gasteiger partial charge < -0.3 is 112 Å². The third kappa shape index (κ3) is 31.6. The van der Waals surface area contributed by atoms with Gasteiger partial charge in [-0.3, -0.25) is 33.6 Å². The molecule has 0 bridgehead atoms. The van der Waals surface area contributed by atoms with Crippen LogP contribution in [0, 0.1) is 10.8 Å². The summed E-state index contributed by atoms with van der Waals surface area (Å²) < 4.78 is 33.9. The Balaban J connectivity index is 1.62. The van der Waals surface area contributed by atoms with E-state index in [1.165, 1.54) is 6.92 Å². The molecule has 3 aliphatic heterocycles. The summed E-state index contributed by atoms with van der Waals surface area (Å²) in [7, 11) is 0. The summed E-state index contributed by atoms with van der Waals surface area (Å²) in [5.41, 5.74) is -1.69. The van der Waals surface area contributed by atoms with E-state index in [2.05, 4.69) is 51.1 Å². The van der Waals surface area contributed by atoms with Crippen LogP contribution in [0.25, 0.3) is 0 Å². The maximum absolute atomic E-state index is 14.6. The number of ether oxygens (including phenoxy) is 6. The van der Waals surface area contributed by atoms with Gasteiger partial charge in [-0.15, -0.1) is 0 Å². The van der Waals surface area contributed by atoms with Gasteiger partial charge in [0.05, 0.1) is 56.3 Å². The van der Waals surface area contributed by atoms with E-state index in [9.17, 15) is 79.5 Å². The fraction of sp³-hybridized carbons (Fsp3) is 0.892. The number of carbonyl (C=O) groups is 7. The fourth-order valence-electron chi connectivity index (χ4n) is 12.1. The number of hydrogen-bond acceptors (Lipinski definition) is 23. The molecule has 0 saturated carbocycles. The minimum absolute atomic E-state index is 0.0424. The Morgan fingerprint density at radius 1 is 0.489 bits per heavy atom. The fourth-order valence-corrected chi connectivity index (χ4v) is 12.1. The van der Waals surface area contributed by atoms with Crippen LogP contribution < -0.4 is 37.2 Å². The van der Waals surface area contributed by atoms with Crippen LogP contribution in [0.1, 0.15) is 197 Å². The van der Waals surface area contributed by atoms with E-state index in [1.807, 2.05) is 27.7 Å². The highest BCUT2D eigenvalue weighted by Gasteiger charge is 2.41. The molecule has 0 spiro atoms. The van der Waals surface area contributed by atoms with Gasteiger partial charge in [0.2, 0.25) is 35.4 Å². The molecule has 16 N–H and O–H groups in total. The van der Waals surface area contributed by atoms with Gasteiger partial charge in [0.1, 0.15) is 48.7 Å². The van der Waals surface area contributed by atoms with Gasteiger partial charge in [-0.05, 0) is 127 Å². The molecule has 94 heavy (non-hydrogen) atoms. The molecule has 0 aromatic heterocycles. The largest absolute Gasteiger partial charge is 0.394 e. The quantitative estimate of drug-likeness (QED) is 0.0350. The van der Waals surface area contributed by atoms with Crippen LogP contribution in [0.5, 0.6) is 0 Å². The molecule has 546 valence electrons. The molecule has 16 atom stereocenters. The van der Waals surface area contributed by atoms with Gasteiger partial charge >= 0.3 is 0 Å². The van der Waals surface area contributed by atoms with Gasteiger partial charge in [0, 0.05) is 78.3 Å². The van der Waals surface area contributed by atoms with Crippen LogP contribution in [0.3, 0.4) is 0 Å². The van der Waals surface area contributed by atoms with Crippen molar-refractivity contribution in [3.63, 3.8) is 0 Å². The Hall–Kier alpha value is -4.15. The van der Waals surface area contributed by atoms with Crippen LogP contribution >= 0.6 is 0 Å². The van der Waals surface area contributed by atoms with Crippen molar-refractivity contribution >= 4 is 41.2 Å². The SMILES string of the molecule is CCNC(C)(CC)C(=O)[C@H](CCCCNC(=O)CCCCO[C@H]1C[C@@H](O)[C@@H](O)[C@@H](CO)O1)NC(=O)[C@H](CCCCNC(=O)CCC(C)(C)CC(C)(C)CO[C@H]1C[C@@H](O)[C@@H](O)[C@@H](CO)O1)NC(=O)[C@H](CCCCNC(=O)CCCCO[C@H]1C[C@@H](O)[C@@H](O)[C@@H](CO)O1)NC(C)=O. The van der Waals surface area contributed by atoms with Gasteiger partial charge in [-0.25, -0.2) is 0 Å². The minimum Gasteiger partial charge on any atom is -0.394 e. The lowest BCUT2D eigenvalue weighted by molar-refractivity contribution is -0.263. The van der Waals surface area contributed by atoms with E-state index in [4.69, 9.17) is 28.4 Å². The second-order valence-electron chi connectivity index (χ2n) is 27.2. The number of hydrogen-bond donors (Lipinski definition) is 16. The number of aliphatic hydroxyl groups is 9. The third-order valence-electron chi connectivity index (χ3n) is 17.5. The van der Waals surface area contributed by atoms with E-state index >= 15 is 0 Å². The van der Waals surface area contributed by atoms with Crippen LogP contribution in [-0.4, -0.2) is 250 Å². The van der Waals surface area contributed by atoms with E-state index in [1.54, 1.807) is 6.92 Å². The highest BCUT2D eigenvalue weighted by molar-refractivity contribution is 5.97. The molecular weight excluding hydrogens is 1230 g/mol. The van der Waals surface area contributed by atoms with Crippen LogP contribution in [-0.2, 0) is 62.0 Å². The summed E-state index contributed by atoms with van der Waals surface area (Å²) in [5.74, 6) is -2.58. The van der Waals surface area contributed by atoms with Crippen LogP contribution in [0.15, 0.2) is 0 Å². The molecular formula is C65H119N7O22. The summed E-state index contributed by atoms with van der Waals surface area (Å²) in [6.45, 7) is 15.6. The second-order valence-corrected chi connectivity index (χ2v) is 27.2. The van der Waals surface area contributed by atoms with Crippen molar-refractivity contribution in [3.05, 3.63) is 0 Å². The second kappa shape index (κ2) is 44.0. The Kier molecular flexibility index (Phi) is 39.3. The number of Topliss-reactive ketones (excluding diaryl/α,β-unsaturated/α-hetero) is 1. The predicted octanol–water partition coefficient (Wildman–Crippen LogP) is -0.232. The molecule has 3 heterocycles. The Bertz CT molecular complexity index is 2240. The van der Waals surface area contributed by atoms with Gasteiger partial charge in [0.25, 0.3) is 0 Å². The number of ketones is 1. The summed E-state index contributed by atoms with van der Waals surface area (Å²) >= 11 is 0. The van der Waals surface area contributed by atoms with E-state index in [0.29, 0.717) is 96.6 Å². The molecule has 1 unspecified atom stereocenters. The molecule has 3 saturated heterocycles. The van der Waals surface area contributed by atoms with Crippen molar-refractivity contribution in [2.45, 2.75) is 294 Å². The average molecular weight is 1350 g/mol. The molecule has 0 aliphatic carbocycles. The standard InChI is InChI=1S/C65H119N7O22/c1-9-65(8,69-10-2)60(86)42(21-11-16-28-66-51(80)24-14-19-31-89-54-33-45(77)57(83)48(36-73)92-54)71-62(88)44(23-13-18-30-68-53(82)26-27-63(4,5)39-64(6,7)40-91-56-35-47(79)59(85)50(38-75)94-56)72-61(87)43(70-41(3)76)22-12-17-29-67-52(81)25-15-20-32-90-55-34-46(78)58(84)49(37-74)93-55/h42-50,54-59,69,73-75,77-79,83-85H,9-40H2,1-8H3,(H,66,80)(H,67,81)(H,68,82)(H,70,76)(H,71,88)(H,72,87)/t42-,43-,44-,45+,46+,47+,48+,49+,50+,54+,55+,56+,57+,58+,59+,65?/m0/s1. The lowest BCUT2D eigenvalue weighted by atomic mass is 9.73. The molecule has 0 radical (unpaired) electrons. The highest BCUT2D eigenvalue weighted by Crippen LogP contribution is 2.38. The summed E-state index contributed by atoms with van der Waals surface area (Å²) in [4.78, 5) is 94.6. The van der Waals surface area contributed by atoms with Crippen molar-refractivity contribution in [3.8, 4) is 0 Å². The van der Waals surface area contributed by atoms with Crippen LogP contribution in [0.2, 0.25) is 0 Å². The van der Waals surface area contributed by atoms with Crippen LogP contribution in [0.4, 0.5) is 0 Å². The minimum atomic E-state index is -1.22. The highest BCUT2D eigenvalue weighted by atomic mass is 16.7. The summed E-state index contributed by atoms with van der Waals surface area (Å²) in [6.07, 6.45) is -4.83. The monoisotopic (exact) mass is 1350 g/mol. The lowest BCUT2D eigenvalue weighted by Gasteiger charge is -2.39. The maximum atomic E-state index is 14.6. The normalized spacial score (nSPS) is 25.8. The predicted molar refractivity (Wildman–Crippen MR) is 344 cm³/mol. The molecule has 3 rings (SSSR count). The summed E-state index contributed by atoms with van der Waals surface area (Å²) in [6, 6.07) is -3.25. The van der Waals surface area contributed by atoms with E-state index in [-0.39, 0.29) is 125 Å². The molecule has 0 aromatic carbocycles. The molecule has 3 aliphatic rings. The van der Waals surface area contributed by atoms with Crippen molar-refractivity contribution in [2.75, 3.05) is 65.8 Å². The van der Waals surface area contributed by atoms with Crippen molar-refractivity contribution in [1.82, 2.24) is 37.2 Å². The van der Waals surface area contributed by atoms with E-state index in [0.717, 1.165) is 0 Å². The topological polar surface area (TPSA) is 441 Å². The van der Waals surface area contributed by atoms with Gasteiger partial charge in [-0.1, -0.05) is 41.5 Å². The molecule has 29 nitrogen and oxygen atoms in total. The third-order valence-corrected chi connectivity index (χ3v) is 17.5. The smallest absolute Gasteiger partial charge is 0.243 e. The Labute approximate surface area is 555 Å². The lowest BCUT2D eigenvalue weighted by Crippen LogP contribution is -2.60. The van der Waals surface area contributed by atoms with Crippen molar-refractivity contribution < 1.29 is 108 Å². The molecule has 29 heteroatoms. The van der Waals surface area contributed by atoms with E-state index < -0.39 is 135 Å². The summed E-state index contributed by atoms with van der Waals surface area (Å²) in [5, 5.41) is 109. The zero-order valence-electron chi connectivity index (χ0n) is 57.1. The zero-order valence-corrected chi connectivity index (χ0v) is 57.1. The first-order chi connectivity index (χ1) is 44.5. The number of rotatable bonds is 48. The number of carbonyl (C=O) groups excluding carboxylic acids is 7. The Morgan fingerprint density at radius 3 is 1.27 bits per heavy atom. The molecule has 3 fully saturated rings. The molecule has 6 amide bonds. The van der Waals surface area contributed by atoms with Crippen molar-refractivity contribution in [1.29, 1.82) is 0 Å². The number of nitrogens with one attached hydrogen (secondary N) is 7. The Morgan fingerprint density at radius 2 is 0.872 bits per heavy atom. The molecule has 0 aromatic rings. The average Bonchev–Trinajstić information content (AvgIpc) is 0.881. The van der Waals surface area contributed by atoms with Gasteiger partial charge in [0.15, 0.2) is 24.7 Å². The zero-order chi connectivity index (χ0) is 70.0. The first kappa shape index (κ1) is 84.1. The first-order valence-electron chi connectivity index (χ1n) is 34.2. The number of amides is 6. The maximum Gasteiger partial charge on any atom is 0.243 e. The number of aliphatic hydroxyl groups excluding tert-OH is 9.